The molecule has 1 aromatic rings. The maximum Gasteiger partial charge on any atom is 0.322 e. The Bertz CT molecular complexity index is 405. The quantitative estimate of drug-likeness (QED) is 0.809. The number of esters is 1. The number of fused-ring (bicyclic) bond motifs is 1. The fourth-order valence-electron chi connectivity index (χ4n) is 2.06. The molecule has 0 amide bonds. The molecule has 1 unspecified atom stereocenters. The number of methoxy groups -OCH3 is 1. The first kappa shape index (κ1) is 11.9. The molecule has 4 nitrogen and oxygen atoms in total. The molecule has 0 bridgehead atoms. The fraction of sp³-hybridized carbons (Fsp3) is 0.462. The lowest BCUT2D eigenvalue weighted by atomic mass is 10.00. The second-order valence-electron chi connectivity index (χ2n) is 4.14. The van der Waals surface area contributed by atoms with E-state index in [0.717, 1.165) is 17.7 Å². The first-order valence-electron chi connectivity index (χ1n) is 5.78. The van der Waals surface area contributed by atoms with Crippen molar-refractivity contribution in [3.63, 3.8) is 0 Å². The molecule has 0 spiro atoms. The minimum atomic E-state index is -0.309. The van der Waals surface area contributed by atoms with Gasteiger partial charge < -0.3 is 9.47 Å². The third-order valence-electron chi connectivity index (χ3n) is 2.96. The molecule has 2 atom stereocenters. The molecular formula is C13H17NO3. The molecule has 2 rings (SSSR count). The number of carbonyl (C=O) groups is 1. The van der Waals surface area contributed by atoms with Gasteiger partial charge in [-0.15, -0.1) is 0 Å². The van der Waals surface area contributed by atoms with Crippen molar-refractivity contribution in [2.45, 2.75) is 25.4 Å². The molecule has 0 saturated carbocycles. The maximum atomic E-state index is 11.4. The van der Waals surface area contributed by atoms with Crippen LogP contribution in [0.15, 0.2) is 24.3 Å². The summed E-state index contributed by atoms with van der Waals surface area (Å²) < 4.78 is 10.3. The summed E-state index contributed by atoms with van der Waals surface area (Å²) in [6, 6.07) is 7.74. The van der Waals surface area contributed by atoms with Gasteiger partial charge >= 0.3 is 5.97 Å². The van der Waals surface area contributed by atoms with Crippen molar-refractivity contribution >= 4 is 5.97 Å². The van der Waals surface area contributed by atoms with Crippen LogP contribution in [-0.4, -0.2) is 25.7 Å². The summed E-state index contributed by atoms with van der Waals surface area (Å²) in [6.45, 7) is 2.48. The van der Waals surface area contributed by atoms with E-state index in [1.165, 1.54) is 7.11 Å². The van der Waals surface area contributed by atoms with Crippen LogP contribution in [-0.2, 0) is 9.53 Å². The smallest absolute Gasteiger partial charge is 0.322 e. The summed E-state index contributed by atoms with van der Waals surface area (Å²) in [5.74, 6) is 0.655. The molecule has 0 aromatic heterocycles. The number of hydrogen-bond donors (Lipinski definition) is 1. The second-order valence-corrected chi connectivity index (χ2v) is 4.14. The molecule has 1 aliphatic rings. The molecule has 17 heavy (non-hydrogen) atoms. The number of benzene rings is 1. The van der Waals surface area contributed by atoms with E-state index < -0.39 is 0 Å². The van der Waals surface area contributed by atoms with Crippen molar-refractivity contribution in [2.75, 3.05) is 13.7 Å². The molecule has 1 heterocycles. The minimum absolute atomic E-state index is 0.147. The Hall–Kier alpha value is -1.55. The van der Waals surface area contributed by atoms with E-state index in [2.05, 4.69) is 5.32 Å². The SMILES string of the molecule is COC(=O)[C@H](C)NC1CCOc2ccccc21. The van der Waals surface area contributed by atoms with Crippen LogP contribution in [0.4, 0.5) is 0 Å². The highest BCUT2D eigenvalue weighted by Gasteiger charge is 2.24. The molecule has 0 fully saturated rings. The minimum Gasteiger partial charge on any atom is -0.493 e. The Morgan fingerprint density at radius 3 is 3.06 bits per heavy atom. The highest BCUT2D eigenvalue weighted by molar-refractivity contribution is 5.75. The molecular weight excluding hydrogens is 218 g/mol. The topological polar surface area (TPSA) is 47.6 Å². The predicted molar refractivity (Wildman–Crippen MR) is 63.9 cm³/mol. The van der Waals surface area contributed by atoms with Crippen LogP contribution in [0.3, 0.4) is 0 Å². The van der Waals surface area contributed by atoms with E-state index in [0.29, 0.717) is 6.61 Å². The molecule has 0 saturated heterocycles. The van der Waals surface area contributed by atoms with Crippen molar-refractivity contribution in [1.82, 2.24) is 5.32 Å². The monoisotopic (exact) mass is 235 g/mol. The number of ether oxygens (including phenoxy) is 2. The number of carbonyl (C=O) groups excluding carboxylic acids is 1. The molecule has 0 aliphatic carbocycles. The van der Waals surface area contributed by atoms with E-state index in [1.54, 1.807) is 0 Å². The zero-order valence-electron chi connectivity index (χ0n) is 10.1. The lowest BCUT2D eigenvalue weighted by Crippen LogP contribution is -2.39. The van der Waals surface area contributed by atoms with Gasteiger partial charge in [-0.25, -0.2) is 0 Å². The normalized spacial score (nSPS) is 20.0. The lowest BCUT2D eigenvalue weighted by Gasteiger charge is -2.28. The Morgan fingerprint density at radius 2 is 2.29 bits per heavy atom. The van der Waals surface area contributed by atoms with Crippen LogP contribution >= 0.6 is 0 Å². The van der Waals surface area contributed by atoms with Gasteiger partial charge in [-0.2, -0.15) is 0 Å². The van der Waals surface area contributed by atoms with Crippen LogP contribution in [0.25, 0.3) is 0 Å². The Labute approximate surface area is 101 Å². The number of para-hydroxylation sites is 1. The van der Waals surface area contributed by atoms with Gasteiger partial charge in [-0.1, -0.05) is 18.2 Å². The average Bonchev–Trinajstić information content (AvgIpc) is 2.38. The van der Waals surface area contributed by atoms with Crippen LogP contribution in [0.5, 0.6) is 5.75 Å². The summed E-state index contributed by atoms with van der Waals surface area (Å²) in [5, 5.41) is 3.27. The number of rotatable bonds is 3. The van der Waals surface area contributed by atoms with Gasteiger partial charge in [-0.3, -0.25) is 10.1 Å². The predicted octanol–water partition coefficient (Wildman–Crippen LogP) is 1.66. The van der Waals surface area contributed by atoms with E-state index in [4.69, 9.17) is 9.47 Å². The van der Waals surface area contributed by atoms with Crippen molar-refractivity contribution in [3.8, 4) is 5.75 Å². The fourth-order valence-corrected chi connectivity index (χ4v) is 2.06. The summed E-state index contributed by atoms with van der Waals surface area (Å²) in [5.41, 5.74) is 1.11. The van der Waals surface area contributed by atoms with E-state index >= 15 is 0 Å². The van der Waals surface area contributed by atoms with E-state index in [9.17, 15) is 4.79 Å². The van der Waals surface area contributed by atoms with Gasteiger partial charge in [0.25, 0.3) is 0 Å². The van der Waals surface area contributed by atoms with E-state index in [-0.39, 0.29) is 18.1 Å². The van der Waals surface area contributed by atoms with Crippen molar-refractivity contribution in [2.24, 2.45) is 0 Å². The lowest BCUT2D eigenvalue weighted by molar-refractivity contribution is -0.142. The molecule has 4 heteroatoms. The summed E-state index contributed by atoms with van der Waals surface area (Å²) in [6.07, 6.45) is 0.859. The Balaban J connectivity index is 2.11. The first-order chi connectivity index (χ1) is 8.22. The second kappa shape index (κ2) is 5.19. The molecule has 92 valence electrons. The standard InChI is InChI=1S/C13H17NO3/c1-9(13(15)16-2)14-11-7-8-17-12-6-4-3-5-10(11)12/h3-6,9,11,14H,7-8H2,1-2H3/t9-,11?/m0/s1. The third-order valence-corrected chi connectivity index (χ3v) is 2.96. The summed E-state index contributed by atoms with van der Waals surface area (Å²) >= 11 is 0. The molecule has 1 aromatic carbocycles. The van der Waals surface area contributed by atoms with Gasteiger partial charge in [0, 0.05) is 18.0 Å². The number of hydrogen-bond acceptors (Lipinski definition) is 4. The van der Waals surface area contributed by atoms with Gasteiger partial charge in [0.15, 0.2) is 0 Å². The van der Waals surface area contributed by atoms with Crippen molar-refractivity contribution < 1.29 is 14.3 Å². The van der Waals surface area contributed by atoms with Crippen molar-refractivity contribution in [3.05, 3.63) is 29.8 Å². The molecule has 0 radical (unpaired) electrons. The summed E-state index contributed by atoms with van der Waals surface area (Å²) in [7, 11) is 1.40. The highest BCUT2D eigenvalue weighted by atomic mass is 16.5. The van der Waals surface area contributed by atoms with Gasteiger partial charge in [-0.05, 0) is 13.0 Å². The largest absolute Gasteiger partial charge is 0.493 e. The Morgan fingerprint density at radius 1 is 1.53 bits per heavy atom. The number of nitrogens with one attached hydrogen (secondary N) is 1. The van der Waals surface area contributed by atoms with Gasteiger partial charge in [0.05, 0.1) is 13.7 Å². The van der Waals surface area contributed by atoms with Crippen molar-refractivity contribution in [1.29, 1.82) is 0 Å². The van der Waals surface area contributed by atoms with Crippen LogP contribution in [0, 0.1) is 0 Å². The zero-order chi connectivity index (χ0) is 12.3. The third kappa shape index (κ3) is 2.58. The zero-order valence-corrected chi connectivity index (χ0v) is 10.1. The van der Waals surface area contributed by atoms with Gasteiger partial charge in [0.1, 0.15) is 11.8 Å². The highest BCUT2D eigenvalue weighted by Crippen LogP contribution is 2.31. The van der Waals surface area contributed by atoms with Gasteiger partial charge in [0.2, 0.25) is 0 Å². The molecule has 1 N–H and O–H groups in total. The van der Waals surface area contributed by atoms with Crippen LogP contribution < -0.4 is 10.1 Å². The molecule has 1 aliphatic heterocycles. The summed E-state index contributed by atoms with van der Waals surface area (Å²) in [4.78, 5) is 11.4. The maximum absolute atomic E-state index is 11.4. The van der Waals surface area contributed by atoms with Crippen LogP contribution in [0.1, 0.15) is 24.9 Å². The average molecular weight is 235 g/mol. The van der Waals surface area contributed by atoms with Crippen LogP contribution in [0.2, 0.25) is 0 Å². The van der Waals surface area contributed by atoms with E-state index in [1.807, 2.05) is 31.2 Å². The first-order valence-corrected chi connectivity index (χ1v) is 5.78. The Kier molecular flexibility index (Phi) is 3.64.